The van der Waals surface area contributed by atoms with Crippen LogP contribution in [0, 0.1) is 0 Å². The van der Waals surface area contributed by atoms with Crippen molar-refractivity contribution < 1.29 is 31.9 Å². The molecule has 27 heavy (non-hydrogen) atoms. The number of halogens is 1. The van der Waals surface area contributed by atoms with Crippen molar-refractivity contribution in [2.45, 2.75) is 50.3 Å². The van der Waals surface area contributed by atoms with Crippen molar-refractivity contribution in [2.75, 3.05) is 6.61 Å². The lowest BCUT2D eigenvalue weighted by atomic mass is 10.1. The normalized spacial score (nSPS) is 17.4. The molecule has 1 aliphatic heterocycles. The number of carbonyl (C=O) groups excluding carboxylic acids is 2. The molecule has 0 spiro atoms. The van der Waals surface area contributed by atoms with Gasteiger partial charge >= 0.3 is 12.1 Å². The Labute approximate surface area is 157 Å². The average Bonchev–Trinajstić information content (AvgIpc) is 2.79. The molecule has 148 valence electrons. The molecule has 1 aromatic carbocycles. The molecule has 0 bridgehead atoms. The number of hydrogen-bond donors (Lipinski definition) is 1. The zero-order chi connectivity index (χ0) is 20.4. The number of nitrogens with one attached hydrogen (secondary N) is 1. The summed E-state index contributed by atoms with van der Waals surface area (Å²) in [6.07, 6.45) is -0.669. The maximum atomic E-state index is 13.3. The van der Waals surface area contributed by atoms with E-state index in [2.05, 4.69) is 5.32 Å². The highest BCUT2D eigenvalue weighted by molar-refractivity contribution is 7.95. The van der Waals surface area contributed by atoms with E-state index in [1.54, 1.807) is 39.0 Å². The lowest BCUT2D eigenvalue weighted by Gasteiger charge is -2.28. The van der Waals surface area contributed by atoms with Crippen LogP contribution in [0.2, 0.25) is 0 Å². The Kier molecular flexibility index (Phi) is 6.06. The average molecular weight is 399 g/mol. The van der Waals surface area contributed by atoms with Crippen LogP contribution in [0.3, 0.4) is 0 Å². The van der Waals surface area contributed by atoms with Crippen molar-refractivity contribution in [2.24, 2.45) is 0 Å². The summed E-state index contributed by atoms with van der Waals surface area (Å²) in [6.45, 7) is 6.06. The summed E-state index contributed by atoms with van der Waals surface area (Å²) in [4.78, 5) is 23.2. The van der Waals surface area contributed by atoms with Crippen molar-refractivity contribution >= 4 is 28.0 Å². The minimum absolute atomic E-state index is 0.0963. The standard InChI is InChI=1S/C18H22FNO6S/c1-11(26-18(2,3)4)15(16(19)21)20-17(22)25-10-13-9-12-7-5-6-8-14(12)27(13,23)24/h5-9,11,15H,10H2,1-4H3,(H,20,22)/t11-,15+/m1/s1. The summed E-state index contributed by atoms with van der Waals surface area (Å²) in [5, 5.41) is 2.08. The van der Waals surface area contributed by atoms with Crippen molar-refractivity contribution in [1.29, 1.82) is 0 Å². The molecule has 0 saturated carbocycles. The van der Waals surface area contributed by atoms with E-state index in [1.165, 1.54) is 19.1 Å². The Morgan fingerprint density at radius 2 is 1.85 bits per heavy atom. The molecule has 0 saturated heterocycles. The topological polar surface area (TPSA) is 98.8 Å². The van der Waals surface area contributed by atoms with Gasteiger partial charge in [0, 0.05) is 0 Å². The molecule has 7 nitrogen and oxygen atoms in total. The van der Waals surface area contributed by atoms with Crippen molar-refractivity contribution in [1.82, 2.24) is 5.32 Å². The van der Waals surface area contributed by atoms with Gasteiger partial charge in [0.2, 0.25) is 9.84 Å². The van der Waals surface area contributed by atoms with Gasteiger partial charge in [0.1, 0.15) is 12.6 Å². The first-order valence-corrected chi connectivity index (χ1v) is 9.75. The Bertz CT molecular complexity index is 872. The number of alkyl carbamates (subject to hydrolysis) is 1. The van der Waals surface area contributed by atoms with Crippen LogP contribution in [0.5, 0.6) is 0 Å². The molecule has 2 atom stereocenters. The van der Waals surface area contributed by atoms with Gasteiger partial charge in [0.15, 0.2) is 0 Å². The number of fused-ring (bicyclic) bond motifs is 1. The second kappa shape index (κ2) is 7.77. The molecule has 1 amide bonds. The van der Waals surface area contributed by atoms with E-state index < -0.39 is 46.3 Å². The predicted octanol–water partition coefficient (Wildman–Crippen LogP) is 2.61. The SMILES string of the molecule is C[C@@H](OC(C)(C)C)[C@H](NC(=O)OCC1=Cc2ccccc2S1(=O)=O)C(=O)F. The van der Waals surface area contributed by atoms with Crippen LogP contribution in [0.25, 0.3) is 6.08 Å². The van der Waals surface area contributed by atoms with E-state index in [-0.39, 0.29) is 9.80 Å². The first-order valence-electron chi connectivity index (χ1n) is 8.27. The number of amides is 1. The fraction of sp³-hybridized carbons (Fsp3) is 0.444. The minimum Gasteiger partial charge on any atom is -0.444 e. The Morgan fingerprint density at radius 1 is 1.22 bits per heavy atom. The van der Waals surface area contributed by atoms with Crippen LogP contribution in [-0.4, -0.2) is 44.9 Å². The van der Waals surface area contributed by atoms with E-state index in [9.17, 15) is 22.4 Å². The number of carbonyl (C=O) groups is 2. The second-order valence-corrected chi connectivity index (χ2v) is 9.06. The lowest BCUT2D eigenvalue weighted by Crippen LogP contribution is -2.49. The largest absolute Gasteiger partial charge is 0.444 e. The lowest BCUT2D eigenvalue weighted by molar-refractivity contribution is -0.139. The van der Waals surface area contributed by atoms with Crippen molar-refractivity contribution in [3.8, 4) is 0 Å². The van der Waals surface area contributed by atoms with Gasteiger partial charge in [-0.3, -0.25) is 4.79 Å². The molecular formula is C18H22FNO6S. The number of rotatable bonds is 6. The van der Waals surface area contributed by atoms with Gasteiger partial charge in [-0.25, -0.2) is 13.2 Å². The Balaban J connectivity index is 2.00. The van der Waals surface area contributed by atoms with Gasteiger partial charge < -0.3 is 14.8 Å². The molecule has 9 heteroatoms. The molecule has 2 rings (SSSR count). The predicted molar refractivity (Wildman–Crippen MR) is 96.3 cm³/mol. The van der Waals surface area contributed by atoms with E-state index >= 15 is 0 Å². The summed E-state index contributed by atoms with van der Waals surface area (Å²) < 4.78 is 48.4. The molecule has 1 heterocycles. The molecule has 0 aromatic heterocycles. The Morgan fingerprint density at radius 3 is 2.41 bits per heavy atom. The third-order valence-electron chi connectivity index (χ3n) is 3.74. The van der Waals surface area contributed by atoms with Gasteiger partial charge in [-0.1, -0.05) is 18.2 Å². The van der Waals surface area contributed by atoms with E-state index in [4.69, 9.17) is 9.47 Å². The van der Waals surface area contributed by atoms with Crippen LogP contribution in [0.4, 0.5) is 9.18 Å². The first kappa shape index (κ1) is 21.0. The van der Waals surface area contributed by atoms with Gasteiger partial charge in [-0.15, -0.1) is 0 Å². The minimum atomic E-state index is -3.74. The van der Waals surface area contributed by atoms with Gasteiger partial charge in [0.25, 0.3) is 0 Å². The molecule has 1 aliphatic rings. The van der Waals surface area contributed by atoms with Crippen LogP contribution < -0.4 is 5.32 Å². The molecule has 0 aliphatic carbocycles. The molecule has 0 unspecified atom stereocenters. The second-order valence-electron chi connectivity index (χ2n) is 7.09. The van der Waals surface area contributed by atoms with Gasteiger partial charge in [-0.2, -0.15) is 4.39 Å². The number of hydrogen-bond acceptors (Lipinski definition) is 6. The third-order valence-corrected chi connectivity index (χ3v) is 5.62. The number of ether oxygens (including phenoxy) is 2. The van der Waals surface area contributed by atoms with Crippen molar-refractivity contribution in [3.63, 3.8) is 0 Å². The zero-order valence-corrected chi connectivity index (χ0v) is 16.3. The summed E-state index contributed by atoms with van der Waals surface area (Å²) in [5.41, 5.74) is -0.159. The van der Waals surface area contributed by atoms with Crippen LogP contribution in [-0.2, 0) is 24.1 Å². The fourth-order valence-electron chi connectivity index (χ4n) is 2.65. The zero-order valence-electron chi connectivity index (χ0n) is 15.5. The van der Waals surface area contributed by atoms with Crippen LogP contribution in [0.15, 0.2) is 34.1 Å². The van der Waals surface area contributed by atoms with Gasteiger partial charge in [-0.05, 0) is 45.4 Å². The third kappa shape index (κ3) is 5.14. The summed E-state index contributed by atoms with van der Waals surface area (Å²) in [6, 6.07) is 3.01. The quantitative estimate of drug-likeness (QED) is 0.739. The maximum absolute atomic E-state index is 13.3. The van der Waals surface area contributed by atoms with E-state index in [0.717, 1.165) is 0 Å². The van der Waals surface area contributed by atoms with Crippen LogP contribution in [0.1, 0.15) is 33.3 Å². The number of benzene rings is 1. The highest BCUT2D eigenvalue weighted by Gasteiger charge is 2.33. The van der Waals surface area contributed by atoms with Crippen LogP contribution >= 0.6 is 0 Å². The number of sulfone groups is 1. The first-order chi connectivity index (χ1) is 12.4. The smallest absolute Gasteiger partial charge is 0.408 e. The summed E-state index contributed by atoms with van der Waals surface area (Å²) >= 11 is 0. The molecule has 0 fully saturated rings. The Hall–Kier alpha value is -2.26. The molecule has 1 aromatic rings. The van der Waals surface area contributed by atoms with E-state index in [1.807, 2.05) is 0 Å². The fourth-order valence-corrected chi connectivity index (χ4v) is 4.12. The van der Waals surface area contributed by atoms with Gasteiger partial charge in [0.05, 0.1) is 21.5 Å². The van der Waals surface area contributed by atoms with E-state index in [0.29, 0.717) is 5.56 Å². The highest BCUT2D eigenvalue weighted by Crippen LogP contribution is 2.32. The summed E-state index contributed by atoms with van der Waals surface area (Å²) in [5.74, 6) is 0. The molecular weight excluding hydrogens is 377 g/mol. The maximum Gasteiger partial charge on any atom is 0.408 e. The monoisotopic (exact) mass is 399 g/mol. The van der Waals surface area contributed by atoms with Crippen molar-refractivity contribution in [3.05, 3.63) is 34.7 Å². The highest BCUT2D eigenvalue weighted by atomic mass is 32.2. The molecule has 1 N–H and O–H groups in total. The summed E-state index contributed by atoms with van der Waals surface area (Å²) in [7, 11) is -3.74. The molecule has 0 radical (unpaired) electrons.